The zero-order valence-corrected chi connectivity index (χ0v) is 11.5. The molecule has 19 heavy (non-hydrogen) atoms. The van der Waals surface area contributed by atoms with Gasteiger partial charge < -0.3 is 10.4 Å². The van der Waals surface area contributed by atoms with Crippen molar-refractivity contribution in [1.82, 2.24) is 5.32 Å². The molecule has 0 unspecified atom stereocenters. The van der Waals surface area contributed by atoms with E-state index in [9.17, 15) is 14.7 Å². The van der Waals surface area contributed by atoms with Crippen LogP contribution in [0.15, 0.2) is 30.3 Å². The monoisotopic (exact) mass is 263 g/mol. The highest BCUT2D eigenvalue weighted by atomic mass is 16.4. The number of hydrogen-bond donors (Lipinski definition) is 2. The molecule has 0 aliphatic heterocycles. The number of carbonyl (C=O) groups is 2. The molecule has 0 fully saturated rings. The van der Waals surface area contributed by atoms with Gasteiger partial charge in [0.25, 0.3) is 0 Å². The first-order valence-corrected chi connectivity index (χ1v) is 6.62. The number of carboxylic acid groups (broad SMARTS) is 1. The first kappa shape index (κ1) is 15.2. The molecule has 1 aromatic rings. The van der Waals surface area contributed by atoms with Crippen molar-refractivity contribution in [3.05, 3.63) is 35.9 Å². The van der Waals surface area contributed by atoms with E-state index in [0.717, 1.165) is 5.56 Å². The molecule has 1 rings (SSSR count). The molecular weight excluding hydrogens is 242 g/mol. The second-order valence-electron chi connectivity index (χ2n) is 4.63. The van der Waals surface area contributed by atoms with Crippen LogP contribution in [-0.4, -0.2) is 22.5 Å². The summed E-state index contributed by atoms with van der Waals surface area (Å²) in [4.78, 5) is 23.2. The summed E-state index contributed by atoms with van der Waals surface area (Å²) in [6.07, 6.45) is 1.70. The Hall–Kier alpha value is -1.84. The summed E-state index contributed by atoms with van der Waals surface area (Å²) in [6.45, 7) is 3.55. The summed E-state index contributed by atoms with van der Waals surface area (Å²) in [5, 5.41) is 11.9. The van der Waals surface area contributed by atoms with Crippen molar-refractivity contribution < 1.29 is 14.7 Å². The molecule has 0 spiro atoms. The highest BCUT2D eigenvalue weighted by Crippen LogP contribution is 2.16. The Labute approximate surface area is 113 Å². The lowest BCUT2D eigenvalue weighted by Gasteiger charge is -2.28. The minimum absolute atomic E-state index is 0.213. The first-order chi connectivity index (χ1) is 9.04. The number of carboxylic acids is 1. The van der Waals surface area contributed by atoms with Gasteiger partial charge in [-0.15, -0.1) is 0 Å². The number of aryl methyl sites for hydroxylation is 1. The Morgan fingerprint density at radius 2 is 1.74 bits per heavy atom. The Morgan fingerprint density at radius 3 is 2.21 bits per heavy atom. The molecule has 0 atom stereocenters. The minimum atomic E-state index is -1.13. The molecule has 4 heteroatoms. The third kappa shape index (κ3) is 4.09. The van der Waals surface area contributed by atoms with Crippen molar-refractivity contribution in [3.8, 4) is 0 Å². The summed E-state index contributed by atoms with van der Waals surface area (Å²) >= 11 is 0. The lowest BCUT2D eigenvalue weighted by atomic mass is 9.92. The van der Waals surface area contributed by atoms with E-state index in [1.807, 2.05) is 30.3 Å². The van der Waals surface area contributed by atoms with E-state index in [-0.39, 0.29) is 5.91 Å². The molecular formula is C15H21NO3. The fraction of sp³-hybridized carbons (Fsp3) is 0.467. The summed E-state index contributed by atoms with van der Waals surface area (Å²) in [5.74, 6) is -1.18. The zero-order valence-electron chi connectivity index (χ0n) is 11.5. The standard InChI is InChI=1S/C15H21NO3/c1-3-15(4-2,14(18)19)16-13(17)11-10-12-8-6-5-7-9-12/h5-9H,3-4,10-11H2,1-2H3,(H,16,17)(H,18,19). The van der Waals surface area contributed by atoms with Crippen LogP contribution in [-0.2, 0) is 16.0 Å². The van der Waals surface area contributed by atoms with Gasteiger partial charge in [0.15, 0.2) is 0 Å². The molecule has 1 amide bonds. The summed E-state index contributed by atoms with van der Waals surface area (Å²) in [6, 6.07) is 9.68. The van der Waals surface area contributed by atoms with Crippen molar-refractivity contribution >= 4 is 11.9 Å². The van der Waals surface area contributed by atoms with Crippen molar-refractivity contribution in [2.75, 3.05) is 0 Å². The van der Waals surface area contributed by atoms with E-state index >= 15 is 0 Å². The average Bonchev–Trinajstić information content (AvgIpc) is 2.43. The van der Waals surface area contributed by atoms with Crippen molar-refractivity contribution in [3.63, 3.8) is 0 Å². The lowest BCUT2D eigenvalue weighted by molar-refractivity contribution is -0.148. The molecule has 1 aromatic carbocycles. The second-order valence-corrected chi connectivity index (χ2v) is 4.63. The molecule has 0 aliphatic carbocycles. The fourth-order valence-corrected chi connectivity index (χ4v) is 2.01. The van der Waals surface area contributed by atoms with Crippen LogP contribution in [0.4, 0.5) is 0 Å². The maximum absolute atomic E-state index is 11.9. The van der Waals surface area contributed by atoms with E-state index in [4.69, 9.17) is 0 Å². The SMILES string of the molecule is CCC(CC)(NC(=O)CCc1ccccc1)C(=O)O. The van der Waals surface area contributed by atoms with Gasteiger partial charge >= 0.3 is 5.97 Å². The molecule has 0 heterocycles. The highest BCUT2D eigenvalue weighted by Gasteiger charge is 2.36. The van der Waals surface area contributed by atoms with Gasteiger partial charge in [0.2, 0.25) is 5.91 Å². The van der Waals surface area contributed by atoms with Crippen molar-refractivity contribution in [2.24, 2.45) is 0 Å². The summed E-state index contributed by atoms with van der Waals surface area (Å²) in [5.41, 5.74) is -0.0556. The fourth-order valence-electron chi connectivity index (χ4n) is 2.01. The number of benzene rings is 1. The van der Waals surface area contributed by atoms with Gasteiger partial charge in [-0.3, -0.25) is 4.79 Å². The van der Waals surface area contributed by atoms with Gasteiger partial charge in [-0.25, -0.2) is 4.79 Å². The number of carbonyl (C=O) groups excluding carboxylic acids is 1. The largest absolute Gasteiger partial charge is 0.480 e. The average molecular weight is 263 g/mol. The molecule has 4 nitrogen and oxygen atoms in total. The maximum atomic E-state index is 11.9. The van der Waals surface area contributed by atoms with Gasteiger partial charge in [-0.05, 0) is 24.8 Å². The predicted molar refractivity (Wildman–Crippen MR) is 73.9 cm³/mol. The van der Waals surface area contributed by atoms with Gasteiger partial charge in [0.05, 0.1) is 0 Å². The van der Waals surface area contributed by atoms with E-state index < -0.39 is 11.5 Å². The van der Waals surface area contributed by atoms with Gasteiger partial charge in [0.1, 0.15) is 5.54 Å². The lowest BCUT2D eigenvalue weighted by Crippen LogP contribution is -2.53. The van der Waals surface area contributed by atoms with Crippen LogP contribution in [0.25, 0.3) is 0 Å². The third-order valence-electron chi connectivity index (χ3n) is 3.48. The number of nitrogens with one attached hydrogen (secondary N) is 1. The summed E-state index contributed by atoms with van der Waals surface area (Å²) in [7, 11) is 0. The number of amides is 1. The Morgan fingerprint density at radius 1 is 1.16 bits per heavy atom. The van der Waals surface area contributed by atoms with Crippen molar-refractivity contribution in [2.45, 2.75) is 45.1 Å². The number of aliphatic carboxylic acids is 1. The van der Waals surface area contributed by atoms with Crippen LogP contribution in [0, 0.1) is 0 Å². The molecule has 0 radical (unpaired) electrons. The molecule has 0 aromatic heterocycles. The molecule has 2 N–H and O–H groups in total. The van der Waals surface area contributed by atoms with E-state index in [1.165, 1.54) is 0 Å². The summed E-state index contributed by atoms with van der Waals surface area (Å²) < 4.78 is 0. The zero-order chi connectivity index (χ0) is 14.3. The normalized spacial score (nSPS) is 11.1. The van der Waals surface area contributed by atoms with Crippen LogP contribution >= 0.6 is 0 Å². The van der Waals surface area contributed by atoms with E-state index in [0.29, 0.717) is 25.7 Å². The first-order valence-electron chi connectivity index (χ1n) is 6.62. The van der Waals surface area contributed by atoms with Crippen molar-refractivity contribution in [1.29, 1.82) is 0 Å². The van der Waals surface area contributed by atoms with E-state index in [2.05, 4.69) is 5.32 Å². The highest BCUT2D eigenvalue weighted by molar-refractivity contribution is 5.87. The molecule has 104 valence electrons. The van der Waals surface area contributed by atoms with Crippen LogP contribution in [0.5, 0.6) is 0 Å². The van der Waals surface area contributed by atoms with Crippen LogP contribution in [0.1, 0.15) is 38.7 Å². The van der Waals surface area contributed by atoms with Crippen LogP contribution in [0.2, 0.25) is 0 Å². The van der Waals surface area contributed by atoms with Gasteiger partial charge in [0, 0.05) is 6.42 Å². The molecule has 0 aliphatic rings. The van der Waals surface area contributed by atoms with Crippen LogP contribution in [0.3, 0.4) is 0 Å². The molecule has 0 bridgehead atoms. The Kier molecular flexibility index (Phi) is 5.55. The maximum Gasteiger partial charge on any atom is 0.329 e. The minimum Gasteiger partial charge on any atom is -0.480 e. The van der Waals surface area contributed by atoms with Gasteiger partial charge in [-0.2, -0.15) is 0 Å². The van der Waals surface area contributed by atoms with E-state index in [1.54, 1.807) is 13.8 Å². The predicted octanol–water partition coefficient (Wildman–Crippen LogP) is 2.38. The van der Waals surface area contributed by atoms with Gasteiger partial charge in [-0.1, -0.05) is 44.2 Å². The Bertz CT molecular complexity index is 424. The third-order valence-corrected chi connectivity index (χ3v) is 3.48. The number of hydrogen-bond acceptors (Lipinski definition) is 2. The molecule has 0 saturated carbocycles. The molecule has 0 saturated heterocycles. The quantitative estimate of drug-likeness (QED) is 0.793. The second kappa shape index (κ2) is 6.92. The smallest absolute Gasteiger partial charge is 0.329 e. The number of rotatable bonds is 7. The van der Waals surface area contributed by atoms with Crippen LogP contribution < -0.4 is 5.32 Å². The topological polar surface area (TPSA) is 66.4 Å². The Balaban J connectivity index is 2.57.